The van der Waals surface area contributed by atoms with Crippen molar-refractivity contribution in [3.05, 3.63) is 28.0 Å². The zero-order valence-electron chi connectivity index (χ0n) is 8.52. The normalized spacial score (nSPS) is 20.6. The fraction of sp³-hybridized carbons (Fsp3) is 0.455. The van der Waals surface area contributed by atoms with Gasteiger partial charge in [-0.3, -0.25) is 0 Å². The van der Waals surface area contributed by atoms with E-state index in [1.165, 1.54) is 0 Å². The summed E-state index contributed by atoms with van der Waals surface area (Å²) in [6.07, 6.45) is 2.20. The molecule has 0 amide bonds. The molecule has 1 heterocycles. The van der Waals surface area contributed by atoms with Crippen LogP contribution in [0, 0.1) is 5.82 Å². The molecule has 1 N–H and O–H groups in total. The topological polar surface area (TPSA) is 21.3 Å². The molecule has 0 bridgehead atoms. The highest BCUT2D eigenvalue weighted by Gasteiger charge is 2.19. The summed E-state index contributed by atoms with van der Waals surface area (Å²) in [6, 6.07) is 3.72. The van der Waals surface area contributed by atoms with Crippen molar-refractivity contribution in [3.8, 4) is 5.75 Å². The van der Waals surface area contributed by atoms with E-state index in [0.29, 0.717) is 10.2 Å². The van der Waals surface area contributed by atoms with Gasteiger partial charge < -0.3 is 10.1 Å². The molecule has 82 valence electrons. The standard InChI is InChI=1S/C11H13BrFNO/c1-15-10-6-7(5-8(13)11(10)12)9-3-2-4-14-9/h5-6,9,14H,2-4H2,1H3. The summed E-state index contributed by atoms with van der Waals surface area (Å²) in [6.45, 7) is 1.00. The van der Waals surface area contributed by atoms with Crippen molar-refractivity contribution in [2.24, 2.45) is 0 Å². The van der Waals surface area contributed by atoms with Gasteiger partial charge in [-0.15, -0.1) is 0 Å². The van der Waals surface area contributed by atoms with Gasteiger partial charge in [0.15, 0.2) is 0 Å². The molecule has 0 spiro atoms. The second-order valence-corrected chi connectivity index (χ2v) is 4.46. The lowest BCUT2D eigenvalue weighted by molar-refractivity contribution is 0.406. The third-order valence-electron chi connectivity index (χ3n) is 2.70. The first-order valence-corrected chi connectivity index (χ1v) is 5.78. The maximum absolute atomic E-state index is 13.5. The molecule has 0 radical (unpaired) electrons. The molecule has 1 saturated heterocycles. The summed E-state index contributed by atoms with van der Waals surface area (Å²) in [5.41, 5.74) is 0.963. The fourth-order valence-electron chi connectivity index (χ4n) is 1.90. The molecule has 1 atom stereocenters. The summed E-state index contributed by atoms with van der Waals surface area (Å²) in [7, 11) is 1.55. The molecular weight excluding hydrogens is 261 g/mol. The minimum absolute atomic E-state index is 0.265. The Balaban J connectivity index is 2.35. The van der Waals surface area contributed by atoms with Crippen molar-refractivity contribution in [2.75, 3.05) is 13.7 Å². The van der Waals surface area contributed by atoms with Crippen LogP contribution in [0.15, 0.2) is 16.6 Å². The van der Waals surface area contributed by atoms with Gasteiger partial charge in [-0.05, 0) is 53.0 Å². The van der Waals surface area contributed by atoms with Crippen molar-refractivity contribution in [1.29, 1.82) is 0 Å². The number of rotatable bonds is 2. The van der Waals surface area contributed by atoms with Crippen molar-refractivity contribution in [1.82, 2.24) is 5.32 Å². The van der Waals surface area contributed by atoms with Crippen LogP contribution < -0.4 is 10.1 Å². The van der Waals surface area contributed by atoms with E-state index in [0.717, 1.165) is 24.9 Å². The van der Waals surface area contributed by atoms with Crippen LogP contribution in [0.3, 0.4) is 0 Å². The predicted molar refractivity (Wildman–Crippen MR) is 60.6 cm³/mol. The quantitative estimate of drug-likeness (QED) is 0.895. The summed E-state index contributed by atoms with van der Waals surface area (Å²) >= 11 is 3.16. The van der Waals surface area contributed by atoms with Gasteiger partial charge in [-0.1, -0.05) is 0 Å². The molecule has 1 aliphatic rings. The first kappa shape index (κ1) is 10.9. The highest BCUT2D eigenvalue weighted by molar-refractivity contribution is 9.10. The van der Waals surface area contributed by atoms with Crippen LogP contribution in [0.5, 0.6) is 5.75 Å². The molecule has 1 fully saturated rings. The number of ether oxygens (including phenoxy) is 1. The molecule has 1 aromatic carbocycles. The molecule has 1 unspecified atom stereocenters. The van der Waals surface area contributed by atoms with Gasteiger partial charge >= 0.3 is 0 Å². The molecule has 0 saturated carbocycles. The Labute approximate surface area is 96.9 Å². The number of methoxy groups -OCH3 is 1. The maximum Gasteiger partial charge on any atom is 0.141 e. The van der Waals surface area contributed by atoms with E-state index >= 15 is 0 Å². The van der Waals surface area contributed by atoms with Gasteiger partial charge in [0, 0.05) is 6.04 Å². The number of hydrogen-bond donors (Lipinski definition) is 1. The largest absolute Gasteiger partial charge is 0.495 e. The van der Waals surface area contributed by atoms with Crippen LogP contribution in [-0.2, 0) is 0 Å². The molecule has 0 aromatic heterocycles. The molecular formula is C11H13BrFNO. The van der Waals surface area contributed by atoms with Gasteiger partial charge in [0.25, 0.3) is 0 Å². The Hall–Kier alpha value is -0.610. The van der Waals surface area contributed by atoms with E-state index in [9.17, 15) is 4.39 Å². The number of benzene rings is 1. The average molecular weight is 274 g/mol. The zero-order chi connectivity index (χ0) is 10.8. The fourth-order valence-corrected chi connectivity index (χ4v) is 2.29. The third-order valence-corrected chi connectivity index (χ3v) is 3.47. The van der Waals surface area contributed by atoms with Crippen LogP contribution >= 0.6 is 15.9 Å². The lowest BCUT2D eigenvalue weighted by Gasteiger charge is -2.13. The molecule has 2 rings (SSSR count). The van der Waals surface area contributed by atoms with Crippen molar-refractivity contribution >= 4 is 15.9 Å². The number of halogens is 2. The average Bonchev–Trinajstić information content (AvgIpc) is 2.75. The van der Waals surface area contributed by atoms with Crippen molar-refractivity contribution in [2.45, 2.75) is 18.9 Å². The smallest absolute Gasteiger partial charge is 0.141 e. The summed E-state index contributed by atoms with van der Waals surface area (Å²) in [5, 5.41) is 3.33. The molecule has 0 aliphatic carbocycles. The van der Waals surface area contributed by atoms with E-state index in [1.54, 1.807) is 13.2 Å². The molecule has 1 aromatic rings. The first-order valence-electron chi connectivity index (χ1n) is 4.98. The van der Waals surface area contributed by atoms with Crippen LogP contribution in [0.1, 0.15) is 24.4 Å². The summed E-state index contributed by atoms with van der Waals surface area (Å²) < 4.78 is 19.0. The maximum atomic E-state index is 13.5. The Morgan fingerprint density at radius 1 is 1.53 bits per heavy atom. The van der Waals surface area contributed by atoms with Crippen LogP contribution in [0.4, 0.5) is 4.39 Å². The van der Waals surface area contributed by atoms with Gasteiger partial charge in [-0.2, -0.15) is 0 Å². The lowest BCUT2D eigenvalue weighted by atomic mass is 10.1. The Morgan fingerprint density at radius 2 is 2.33 bits per heavy atom. The predicted octanol–water partition coefficient (Wildman–Crippen LogP) is 3.02. The first-order chi connectivity index (χ1) is 7.22. The zero-order valence-corrected chi connectivity index (χ0v) is 10.1. The number of hydrogen-bond acceptors (Lipinski definition) is 2. The molecule has 15 heavy (non-hydrogen) atoms. The van der Waals surface area contributed by atoms with Crippen LogP contribution in [0.2, 0.25) is 0 Å². The number of nitrogens with one attached hydrogen (secondary N) is 1. The van der Waals surface area contributed by atoms with Crippen LogP contribution in [-0.4, -0.2) is 13.7 Å². The Kier molecular flexibility index (Phi) is 3.26. The van der Waals surface area contributed by atoms with Crippen molar-refractivity contribution < 1.29 is 9.13 Å². The minimum atomic E-state index is -0.266. The van der Waals surface area contributed by atoms with E-state index < -0.39 is 0 Å². The monoisotopic (exact) mass is 273 g/mol. The Morgan fingerprint density at radius 3 is 2.93 bits per heavy atom. The molecule has 2 nitrogen and oxygen atoms in total. The Bertz CT molecular complexity index is 364. The highest BCUT2D eigenvalue weighted by atomic mass is 79.9. The minimum Gasteiger partial charge on any atom is -0.495 e. The van der Waals surface area contributed by atoms with E-state index in [1.807, 2.05) is 6.07 Å². The SMILES string of the molecule is COc1cc(C2CCCN2)cc(F)c1Br. The van der Waals surface area contributed by atoms with Crippen molar-refractivity contribution in [3.63, 3.8) is 0 Å². The van der Waals surface area contributed by atoms with E-state index in [2.05, 4.69) is 21.2 Å². The lowest BCUT2D eigenvalue weighted by Crippen LogP contribution is -2.13. The summed E-state index contributed by atoms with van der Waals surface area (Å²) in [5.74, 6) is 0.289. The van der Waals surface area contributed by atoms with Crippen LogP contribution in [0.25, 0.3) is 0 Å². The molecule has 4 heteroatoms. The van der Waals surface area contributed by atoms with Gasteiger partial charge in [0.05, 0.1) is 11.6 Å². The highest BCUT2D eigenvalue weighted by Crippen LogP contribution is 2.33. The summed E-state index contributed by atoms with van der Waals surface area (Å²) in [4.78, 5) is 0. The van der Waals surface area contributed by atoms with Gasteiger partial charge in [-0.25, -0.2) is 4.39 Å². The molecule has 1 aliphatic heterocycles. The second-order valence-electron chi connectivity index (χ2n) is 3.67. The van der Waals surface area contributed by atoms with E-state index in [-0.39, 0.29) is 11.9 Å². The van der Waals surface area contributed by atoms with Gasteiger partial charge in [0.1, 0.15) is 11.6 Å². The van der Waals surface area contributed by atoms with Gasteiger partial charge in [0.2, 0.25) is 0 Å². The second kappa shape index (κ2) is 4.49. The third kappa shape index (κ3) is 2.16. The van der Waals surface area contributed by atoms with E-state index in [4.69, 9.17) is 4.74 Å².